The van der Waals surface area contributed by atoms with Crippen LogP contribution in [0.2, 0.25) is 0 Å². The van der Waals surface area contributed by atoms with Gasteiger partial charge in [-0.3, -0.25) is 4.79 Å². The van der Waals surface area contributed by atoms with Crippen LogP contribution in [0.15, 0.2) is 22.7 Å². The first kappa shape index (κ1) is 22.8. The molecule has 1 aromatic carbocycles. The molecule has 0 saturated heterocycles. The van der Waals surface area contributed by atoms with Crippen LogP contribution in [0.4, 0.5) is 17.6 Å². The fraction of sp³-hybridized carbons (Fsp3) is 0.500. The SMILES string of the molecule is Cc1cc(-c2noc(CCC(=O)N(CCC(F)(F)F)C[C@H](O)CO)n2)ccc1F. The van der Waals surface area contributed by atoms with E-state index in [0.717, 1.165) is 4.90 Å². The summed E-state index contributed by atoms with van der Waals surface area (Å²) in [6.07, 6.45) is -7.28. The van der Waals surface area contributed by atoms with Gasteiger partial charge in [-0.05, 0) is 30.7 Å². The van der Waals surface area contributed by atoms with Crippen molar-refractivity contribution in [3.05, 3.63) is 35.5 Å². The van der Waals surface area contributed by atoms with Crippen LogP contribution >= 0.6 is 0 Å². The minimum absolute atomic E-state index is 0.0241. The van der Waals surface area contributed by atoms with Crippen molar-refractivity contribution in [1.29, 1.82) is 0 Å². The highest BCUT2D eigenvalue weighted by Gasteiger charge is 2.29. The zero-order valence-electron chi connectivity index (χ0n) is 15.6. The number of benzene rings is 1. The van der Waals surface area contributed by atoms with Crippen molar-refractivity contribution in [2.45, 2.75) is 38.5 Å². The van der Waals surface area contributed by atoms with Gasteiger partial charge in [0.2, 0.25) is 17.6 Å². The van der Waals surface area contributed by atoms with Crippen LogP contribution in [-0.2, 0) is 11.2 Å². The minimum atomic E-state index is -4.46. The number of nitrogens with zero attached hydrogens (tertiary/aromatic N) is 3. The number of alkyl halides is 3. The fourth-order valence-electron chi connectivity index (χ4n) is 2.52. The number of amides is 1. The number of hydrogen-bond donors (Lipinski definition) is 2. The quantitative estimate of drug-likeness (QED) is 0.605. The Bertz CT molecular complexity index is 826. The first-order valence-electron chi connectivity index (χ1n) is 8.81. The van der Waals surface area contributed by atoms with Crippen LogP contribution in [0, 0.1) is 12.7 Å². The van der Waals surface area contributed by atoms with Gasteiger partial charge in [0, 0.05) is 31.5 Å². The first-order chi connectivity index (χ1) is 13.6. The van der Waals surface area contributed by atoms with Gasteiger partial charge in [-0.25, -0.2) is 4.39 Å². The van der Waals surface area contributed by atoms with E-state index in [9.17, 15) is 27.5 Å². The van der Waals surface area contributed by atoms with Crippen molar-refractivity contribution >= 4 is 5.91 Å². The molecule has 160 valence electrons. The third kappa shape index (κ3) is 7.09. The van der Waals surface area contributed by atoms with Crippen molar-refractivity contribution in [3.63, 3.8) is 0 Å². The highest BCUT2D eigenvalue weighted by atomic mass is 19.4. The van der Waals surface area contributed by atoms with E-state index in [2.05, 4.69) is 10.1 Å². The summed E-state index contributed by atoms with van der Waals surface area (Å²) in [7, 11) is 0. The summed E-state index contributed by atoms with van der Waals surface area (Å²) in [6.45, 7) is -0.159. The van der Waals surface area contributed by atoms with E-state index in [1.54, 1.807) is 6.92 Å². The molecule has 0 radical (unpaired) electrons. The van der Waals surface area contributed by atoms with E-state index < -0.39 is 44.3 Å². The number of rotatable bonds is 9. The molecule has 1 aromatic heterocycles. The standard InChI is InChI=1S/C18H21F4N3O4/c1-11-8-12(2-3-14(11)19)17-23-15(29-24-17)4-5-16(28)25(9-13(27)10-26)7-6-18(20,21)22/h2-3,8,13,26-27H,4-7,9-10H2,1H3/t13-/m0/s1. The molecular weight excluding hydrogens is 398 g/mol. The smallest absolute Gasteiger partial charge is 0.390 e. The lowest BCUT2D eigenvalue weighted by atomic mass is 10.1. The summed E-state index contributed by atoms with van der Waals surface area (Å²) in [5.74, 6) is -0.750. The summed E-state index contributed by atoms with van der Waals surface area (Å²) in [4.78, 5) is 17.2. The molecule has 2 aromatic rings. The summed E-state index contributed by atoms with van der Waals surface area (Å²) in [6, 6.07) is 4.26. The normalized spacial score (nSPS) is 12.8. The number of aliphatic hydroxyl groups is 2. The number of aromatic nitrogens is 2. The van der Waals surface area contributed by atoms with Gasteiger partial charge < -0.3 is 19.6 Å². The molecule has 0 aliphatic carbocycles. The van der Waals surface area contributed by atoms with Crippen LogP contribution in [-0.4, -0.2) is 63.1 Å². The minimum Gasteiger partial charge on any atom is -0.394 e. The Balaban J connectivity index is 1.99. The third-order valence-electron chi connectivity index (χ3n) is 4.10. The molecule has 0 bridgehead atoms. The molecule has 0 aliphatic rings. The number of aryl methyl sites for hydroxylation is 2. The van der Waals surface area contributed by atoms with Crippen LogP contribution < -0.4 is 0 Å². The van der Waals surface area contributed by atoms with Gasteiger partial charge in [0.15, 0.2) is 0 Å². The monoisotopic (exact) mass is 419 g/mol. The second-order valence-corrected chi connectivity index (χ2v) is 6.52. The molecule has 2 rings (SSSR count). The predicted octanol–water partition coefficient (Wildman–Crippen LogP) is 2.25. The Hall–Kier alpha value is -2.53. The predicted molar refractivity (Wildman–Crippen MR) is 93.1 cm³/mol. The van der Waals surface area contributed by atoms with Gasteiger partial charge in [0.1, 0.15) is 5.82 Å². The summed E-state index contributed by atoms with van der Waals surface area (Å²) in [5, 5.41) is 22.1. The third-order valence-corrected chi connectivity index (χ3v) is 4.10. The molecule has 1 amide bonds. The van der Waals surface area contributed by atoms with Crippen molar-refractivity contribution < 1.29 is 37.1 Å². The molecule has 1 atom stereocenters. The Kier molecular flexibility index (Phi) is 7.68. The zero-order valence-corrected chi connectivity index (χ0v) is 15.6. The molecule has 7 nitrogen and oxygen atoms in total. The van der Waals surface area contributed by atoms with E-state index in [1.807, 2.05) is 0 Å². The zero-order chi connectivity index (χ0) is 21.6. The van der Waals surface area contributed by atoms with E-state index in [-0.39, 0.29) is 30.4 Å². The van der Waals surface area contributed by atoms with Gasteiger partial charge in [-0.2, -0.15) is 18.2 Å². The highest BCUT2D eigenvalue weighted by Crippen LogP contribution is 2.21. The van der Waals surface area contributed by atoms with Crippen molar-refractivity contribution in [2.75, 3.05) is 19.7 Å². The summed E-state index contributed by atoms with van der Waals surface area (Å²) < 4.78 is 55.8. The number of hydrogen-bond acceptors (Lipinski definition) is 6. The van der Waals surface area contributed by atoms with E-state index in [1.165, 1.54) is 18.2 Å². The molecule has 29 heavy (non-hydrogen) atoms. The molecule has 0 unspecified atom stereocenters. The van der Waals surface area contributed by atoms with Crippen molar-refractivity contribution in [2.24, 2.45) is 0 Å². The van der Waals surface area contributed by atoms with Gasteiger partial charge in [0.05, 0.1) is 19.1 Å². The number of carbonyl (C=O) groups is 1. The first-order valence-corrected chi connectivity index (χ1v) is 8.81. The van der Waals surface area contributed by atoms with Gasteiger partial charge in [0.25, 0.3) is 0 Å². The molecule has 11 heteroatoms. The largest absolute Gasteiger partial charge is 0.394 e. The van der Waals surface area contributed by atoms with E-state index in [0.29, 0.717) is 11.1 Å². The molecule has 0 aliphatic heterocycles. The van der Waals surface area contributed by atoms with E-state index >= 15 is 0 Å². The van der Waals surface area contributed by atoms with E-state index in [4.69, 9.17) is 9.63 Å². The lowest BCUT2D eigenvalue weighted by Gasteiger charge is -2.25. The average Bonchev–Trinajstić information content (AvgIpc) is 3.13. The number of halogens is 4. The highest BCUT2D eigenvalue weighted by molar-refractivity contribution is 5.76. The van der Waals surface area contributed by atoms with Gasteiger partial charge in [-0.1, -0.05) is 5.16 Å². The molecular formula is C18H21F4N3O4. The molecule has 0 fully saturated rings. The van der Waals surface area contributed by atoms with Crippen LogP contribution in [0.25, 0.3) is 11.4 Å². The second kappa shape index (κ2) is 9.79. The summed E-state index contributed by atoms with van der Waals surface area (Å²) >= 11 is 0. The van der Waals surface area contributed by atoms with Crippen molar-refractivity contribution in [1.82, 2.24) is 15.0 Å². The molecule has 0 spiro atoms. The van der Waals surface area contributed by atoms with Crippen LogP contribution in [0.3, 0.4) is 0 Å². The van der Waals surface area contributed by atoms with Gasteiger partial charge >= 0.3 is 6.18 Å². The fourth-order valence-corrected chi connectivity index (χ4v) is 2.52. The molecule has 0 saturated carbocycles. The number of carbonyl (C=O) groups excluding carboxylic acids is 1. The second-order valence-electron chi connectivity index (χ2n) is 6.52. The topological polar surface area (TPSA) is 99.7 Å². The Morgan fingerprint density at radius 1 is 1.34 bits per heavy atom. The molecule has 1 heterocycles. The van der Waals surface area contributed by atoms with Crippen molar-refractivity contribution in [3.8, 4) is 11.4 Å². The maximum Gasteiger partial charge on any atom is 0.390 e. The lowest BCUT2D eigenvalue weighted by molar-refractivity contribution is -0.147. The Morgan fingerprint density at radius 3 is 2.69 bits per heavy atom. The van der Waals surface area contributed by atoms with Crippen LogP contribution in [0.5, 0.6) is 0 Å². The maximum atomic E-state index is 13.3. The molecule has 2 N–H and O–H groups in total. The maximum absolute atomic E-state index is 13.3. The van der Waals surface area contributed by atoms with Gasteiger partial charge in [-0.15, -0.1) is 0 Å². The van der Waals surface area contributed by atoms with Crippen LogP contribution in [0.1, 0.15) is 24.3 Å². The Morgan fingerprint density at radius 2 is 2.07 bits per heavy atom. The summed E-state index contributed by atoms with van der Waals surface area (Å²) in [5.41, 5.74) is 0.912. The lowest BCUT2D eigenvalue weighted by Crippen LogP contribution is -2.40. The number of aliphatic hydroxyl groups excluding tert-OH is 2. The Labute approximate surface area is 163 Å². The average molecular weight is 419 g/mol.